The molecule has 110 valence electrons. The quantitative estimate of drug-likeness (QED) is 0.804. The van der Waals surface area contributed by atoms with E-state index >= 15 is 0 Å². The fourth-order valence-electron chi connectivity index (χ4n) is 1.91. The zero-order valence-corrected chi connectivity index (χ0v) is 11.5. The first-order chi connectivity index (χ1) is 10.7. The molecule has 1 amide bonds. The molecule has 22 heavy (non-hydrogen) atoms. The van der Waals surface area contributed by atoms with Gasteiger partial charge in [0.1, 0.15) is 5.82 Å². The van der Waals surface area contributed by atoms with Crippen LogP contribution >= 0.6 is 0 Å². The van der Waals surface area contributed by atoms with Gasteiger partial charge in [-0.2, -0.15) is 0 Å². The number of aromatic nitrogens is 2. The van der Waals surface area contributed by atoms with E-state index in [0.29, 0.717) is 5.56 Å². The summed E-state index contributed by atoms with van der Waals surface area (Å²) in [5.41, 5.74) is 1.11. The number of nitrogens with one attached hydrogen (secondary N) is 1. The smallest absolute Gasteiger partial charge is 0.309 e. The van der Waals surface area contributed by atoms with Crippen LogP contribution in [0.2, 0.25) is 0 Å². The largest absolute Gasteiger partial charge is 0.412 e. The van der Waals surface area contributed by atoms with Gasteiger partial charge in [0, 0.05) is 17.7 Å². The van der Waals surface area contributed by atoms with Crippen LogP contribution in [0.4, 0.5) is 4.39 Å². The molecule has 1 N–H and O–H groups in total. The molecule has 5 nitrogen and oxygen atoms in total. The topological polar surface area (TPSA) is 68.0 Å². The summed E-state index contributed by atoms with van der Waals surface area (Å²) >= 11 is 0. The maximum atomic E-state index is 13.5. The Morgan fingerprint density at radius 1 is 1.05 bits per heavy atom. The Morgan fingerprint density at radius 2 is 1.77 bits per heavy atom. The summed E-state index contributed by atoms with van der Waals surface area (Å²) in [4.78, 5) is 11.9. The summed E-state index contributed by atoms with van der Waals surface area (Å²) in [5.74, 6) is -0.817. The number of benzene rings is 2. The molecule has 0 aliphatic heterocycles. The zero-order valence-electron chi connectivity index (χ0n) is 11.5. The summed E-state index contributed by atoms with van der Waals surface area (Å²) in [5, 5.41) is 10.1. The van der Waals surface area contributed by atoms with Gasteiger partial charge in [-0.25, -0.2) is 4.39 Å². The van der Waals surface area contributed by atoms with E-state index in [1.54, 1.807) is 30.3 Å². The fraction of sp³-hybridized carbons (Fsp3) is 0.0625. The number of hydrogen-bond acceptors (Lipinski definition) is 4. The molecule has 0 atom stereocenters. The highest BCUT2D eigenvalue weighted by Crippen LogP contribution is 2.16. The monoisotopic (exact) mass is 297 g/mol. The van der Waals surface area contributed by atoms with Crippen LogP contribution < -0.4 is 5.32 Å². The van der Waals surface area contributed by atoms with E-state index in [1.165, 1.54) is 6.07 Å². The fourth-order valence-corrected chi connectivity index (χ4v) is 1.91. The number of carbonyl (C=O) groups excluding carboxylic acids is 1. The summed E-state index contributed by atoms with van der Waals surface area (Å²) in [6.07, 6.45) is 0. The Kier molecular flexibility index (Phi) is 3.91. The van der Waals surface area contributed by atoms with Crippen LogP contribution in [0.5, 0.6) is 0 Å². The lowest BCUT2D eigenvalue weighted by Crippen LogP contribution is -2.23. The van der Waals surface area contributed by atoms with Gasteiger partial charge in [0.05, 0.1) is 0 Å². The highest BCUT2D eigenvalue weighted by atomic mass is 19.1. The highest BCUT2D eigenvalue weighted by Gasteiger charge is 2.15. The molecule has 1 aromatic heterocycles. The molecule has 0 aliphatic carbocycles. The number of rotatable bonds is 4. The first-order valence-corrected chi connectivity index (χ1v) is 6.64. The predicted molar refractivity (Wildman–Crippen MR) is 77.3 cm³/mol. The SMILES string of the molecule is O=C(NCc1ccccc1F)c1nnc(-c2ccccc2)o1. The highest BCUT2D eigenvalue weighted by molar-refractivity contribution is 5.89. The van der Waals surface area contributed by atoms with Crippen LogP contribution in [-0.2, 0) is 6.54 Å². The van der Waals surface area contributed by atoms with Crippen LogP contribution in [0.3, 0.4) is 0 Å². The van der Waals surface area contributed by atoms with Crippen molar-refractivity contribution in [1.82, 2.24) is 15.5 Å². The number of halogens is 1. The van der Waals surface area contributed by atoms with E-state index in [0.717, 1.165) is 5.56 Å². The van der Waals surface area contributed by atoms with Gasteiger partial charge in [0.15, 0.2) is 0 Å². The first kappa shape index (κ1) is 13.9. The summed E-state index contributed by atoms with van der Waals surface area (Å²) in [7, 11) is 0. The Bertz CT molecular complexity index is 787. The summed E-state index contributed by atoms with van der Waals surface area (Å²) < 4.78 is 18.8. The molecule has 0 spiro atoms. The Balaban J connectivity index is 1.69. The zero-order chi connectivity index (χ0) is 15.4. The molecule has 0 bridgehead atoms. The lowest BCUT2D eigenvalue weighted by Gasteiger charge is -2.03. The molecule has 1 heterocycles. The van der Waals surface area contributed by atoms with Crippen LogP contribution in [0.15, 0.2) is 59.0 Å². The first-order valence-electron chi connectivity index (χ1n) is 6.64. The molecule has 2 aromatic carbocycles. The molecule has 6 heteroatoms. The number of amides is 1. The third kappa shape index (κ3) is 3.01. The van der Waals surface area contributed by atoms with Crippen molar-refractivity contribution in [3.63, 3.8) is 0 Å². The Morgan fingerprint density at radius 3 is 2.55 bits per heavy atom. The van der Waals surface area contributed by atoms with Gasteiger partial charge < -0.3 is 9.73 Å². The van der Waals surface area contributed by atoms with Crippen molar-refractivity contribution in [1.29, 1.82) is 0 Å². The van der Waals surface area contributed by atoms with Crippen molar-refractivity contribution in [2.45, 2.75) is 6.54 Å². The van der Waals surface area contributed by atoms with Gasteiger partial charge >= 0.3 is 11.8 Å². The van der Waals surface area contributed by atoms with Crippen molar-refractivity contribution < 1.29 is 13.6 Å². The number of nitrogens with zero attached hydrogens (tertiary/aromatic N) is 2. The maximum Gasteiger partial charge on any atom is 0.309 e. The molecule has 3 aromatic rings. The third-order valence-electron chi connectivity index (χ3n) is 3.04. The second-order valence-electron chi connectivity index (χ2n) is 4.55. The Hall–Kier alpha value is -3.02. The van der Waals surface area contributed by atoms with Crippen molar-refractivity contribution in [3.8, 4) is 11.5 Å². The van der Waals surface area contributed by atoms with Gasteiger partial charge in [-0.3, -0.25) is 4.79 Å². The minimum absolute atomic E-state index is 0.0502. The molecule has 0 fully saturated rings. The van der Waals surface area contributed by atoms with Gasteiger partial charge in [0.2, 0.25) is 5.89 Å². The average Bonchev–Trinajstić information content (AvgIpc) is 3.05. The van der Waals surface area contributed by atoms with Crippen LogP contribution in [0, 0.1) is 5.82 Å². The third-order valence-corrected chi connectivity index (χ3v) is 3.04. The van der Waals surface area contributed by atoms with Crippen LogP contribution in [0.25, 0.3) is 11.5 Å². The molecule has 0 aliphatic rings. The van der Waals surface area contributed by atoms with Crippen molar-refractivity contribution >= 4 is 5.91 Å². The van der Waals surface area contributed by atoms with E-state index < -0.39 is 5.91 Å². The number of hydrogen-bond donors (Lipinski definition) is 1. The van der Waals surface area contributed by atoms with Gasteiger partial charge in [0.25, 0.3) is 0 Å². The minimum Gasteiger partial charge on any atom is -0.412 e. The normalized spacial score (nSPS) is 10.4. The van der Waals surface area contributed by atoms with Gasteiger partial charge in [-0.05, 0) is 18.2 Å². The standard InChI is InChI=1S/C16H12FN3O2/c17-13-9-5-4-8-12(13)10-18-14(21)16-20-19-15(22-16)11-6-2-1-3-7-11/h1-9H,10H2,(H,18,21). The van der Waals surface area contributed by atoms with Crippen molar-refractivity contribution in [2.24, 2.45) is 0 Å². The van der Waals surface area contributed by atoms with Gasteiger partial charge in [-0.15, -0.1) is 10.2 Å². The van der Waals surface area contributed by atoms with E-state index in [1.807, 2.05) is 18.2 Å². The number of carbonyl (C=O) groups is 1. The molecule has 0 saturated heterocycles. The second-order valence-corrected chi connectivity index (χ2v) is 4.55. The maximum absolute atomic E-state index is 13.5. The Labute approximate surface area is 125 Å². The molecular weight excluding hydrogens is 285 g/mol. The molecule has 3 rings (SSSR count). The summed E-state index contributed by atoms with van der Waals surface area (Å²) in [6, 6.07) is 15.3. The van der Waals surface area contributed by atoms with Crippen molar-refractivity contribution in [3.05, 3.63) is 71.9 Å². The van der Waals surface area contributed by atoms with E-state index in [2.05, 4.69) is 15.5 Å². The van der Waals surface area contributed by atoms with E-state index in [9.17, 15) is 9.18 Å². The predicted octanol–water partition coefficient (Wildman–Crippen LogP) is 2.81. The molecular formula is C16H12FN3O2. The van der Waals surface area contributed by atoms with Crippen LogP contribution in [0.1, 0.15) is 16.2 Å². The van der Waals surface area contributed by atoms with E-state index in [-0.39, 0.29) is 24.1 Å². The van der Waals surface area contributed by atoms with E-state index in [4.69, 9.17) is 4.42 Å². The second kappa shape index (κ2) is 6.17. The lowest BCUT2D eigenvalue weighted by molar-refractivity contribution is 0.0916. The van der Waals surface area contributed by atoms with Gasteiger partial charge in [-0.1, -0.05) is 36.4 Å². The summed E-state index contributed by atoms with van der Waals surface area (Å²) in [6.45, 7) is 0.0502. The molecule has 0 unspecified atom stereocenters. The molecule has 0 saturated carbocycles. The van der Waals surface area contributed by atoms with Crippen LogP contribution in [-0.4, -0.2) is 16.1 Å². The average molecular weight is 297 g/mol. The lowest BCUT2D eigenvalue weighted by atomic mass is 10.2. The minimum atomic E-state index is -0.544. The van der Waals surface area contributed by atoms with Crippen molar-refractivity contribution in [2.75, 3.05) is 0 Å². The molecule has 0 radical (unpaired) electrons.